The molecule has 0 spiro atoms. The predicted molar refractivity (Wildman–Crippen MR) is 85.8 cm³/mol. The van der Waals surface area contributed by atoms with Crippen molar-refractivity contribution in [2.45, 2.75) is 13.0 Å². The molecule has 3 nitrogen and oxygen atoms in total. The van der Waals surface area contributed by atoms with E-state index < -0.39 is 0 Å². The van der Waals surface area contributed by atoms with Crippen LogP contribution >= 0.6 is 27.5 Å². The molecule has 0 bridgehead atoms. The summed E-state index contributed by atoms with van der Waals surface area (Å²) in [5.74, 6) is 0.824. The summed E-state index contributed by atoms with van der Waals surface area (Å²) in [5.41, 5.74) is 1.66. The van der Waals surface area contributed by atoms with Gasteiger partial charge >= 0.3 is 0 Å². The third-order valence-electron chi connectivity index (χ3n) is 3.00. The molecule has 2 rings (SSSR count). The molecular formula is C15H15BrClNO2. The van der Waals surface area contributed by atoms with Gasteiger partial charge in [0.25, 0.3) is 0 Å². The molecule has 0 saturated heterocycles. The fourth-order valence-electron chi connectivity index (χ4n) is 1.94. The van der Waals surface area contributed by atoms with Crippen LogP contribution in [0.4, 0.5) is 5.69 Å². The molecule has 0 heterocycles. The molecule has 0 aliphatic carbocycles. The maximum atomic E-state index is 10.0. The zero-order valence-corrected chi connectivity index (χ0v) is 13.5. The second-order valence-corrected chi connectivity index (χ2v) is 5.71. The van der Waals surface area contributed by atoms with Crippen molar-refractivity contribution in [3.05, 3.63) is 51.5 Å². The number of phenolic OH excluding ortho intramolecular Hbond substituents is 1. The summed E-state index contributed by atoms with van der Waals surface area (Å²) in [4.78, 5) is 0. The molecule has 0 fully saturated rings. The Bertz CT molecular complexity index is 619. The third-order valence-corrected chi connectivity index (χ3v) is 3.93. The number of hydrogen-bond acceptors (Lipinski definition) is 3. The van der Waals surface area contributed by atoms with Crippen LogP contribution in [0, 0.1) is 0 Å². The Morgan fingerprint density at radius 3 is 2.65 bits per heavy atom. The number of anilines is 1. The topological polar surface area (TPSA) is 41.5 Å². The SMILES string of the molecule is COc1ccc(C(C)Nc2cc(Cl)ccc2Br)c(O)c1. The molecule has 0 aliphatic rings. The molecule has 0 saturated carbocycles. The molecule has 0 radical (unpaired) electrons. The van der Waals surface area contributed by atoms with E-state index in [1.54, 1.807) is 13.2 Å². The summed E-state index contributed by atoms with van der Waals surface area (Å²) >= 11 is 9.46. The first-order valence-corrected chi connectivity index (χ1v) is 7.27. The van der Waals surface area contributed by atoms with E-state index in [2.05, 4.69) is 21.2 Å². The molecular weight excluding hydrogens is 342 g/mol. The number of aromatic hydroxyl groups is 1. The van der Waals surface area contributed by atoms with E-state index in [1.165, 1.54) is 0 Å². The average molecular weight is 357 g/mol. The fraction of sp³-hybridized carbons (Fsp3) is 0.200. The Morgan fingerprint density at radius 2 is 2.00 bits per heavy atom. The third kappa shape index (κ3) is 3.38. The van der Waals surface area contributed by atoms with Crippen molar-refractivity contribution in [2.24, 2.45) is 0 Å². The molecule has 0 aliphatic heterocycles. The standard InChI is InChI=1S/C15H15BrClNO2/c1-9(12-5-4-11(20-2)8-15(12)19)18-14-7-10(17)3-6-13(14)16/h3-9,18-19H,1-2H3. The summed E-state index contributed by atoms with van der Waals surface area (Å²) in [6.45, 7) is 1.97. The number of halogens is 2. The van der Waals surface area contributed by atoms with E-state index >= 15 is 0 Å². The maximum Gasteiger partial charge on any atom is 0.124 e. The van der Waals surface area contributed by atoms with Crippen LogP contribution in [0.2, 0.25) is 5.02 Å². The average Bonchev–Trinajstić information content (AvgIpc) is 2.42. The Labute approximate surface area is 131 Å². The van der Waals surface area contributed by atoms with E-state index in [0.29, 0.717) is 10.8 Å². The van der Waals surface area contributed by atoms with Gasteiger partial charge in [0, 0.05) is 21.1 Å². The minimum atomic E-state index is -0.0735. The summed E-state index contributed by atoms with van der Waals surface area (Å²) in [6.07, 6.45) is 0. The highest BCUT2D eigenvalue weighted by molar-refractivity contribution is 9.10. The number of methoxy groups -OCH3 is 1. The number of ether oxygens (including phenoxy) is 1. The van der Waals surface area contributed by atoms with Crippen molar-refractivity contribution < 1.29 is 9.84 Å². The Hall–Kier alpha value is -1.39. The van der Waals surface area contributed by atoms with Crippen LogP contribution in [0.15, 0.2) is 40.9 Å². The van der Waals surface area contributed by atoms with E-state index in [9.17, 15) is 5.11 Å². The highest BCUT2D eigenvalue weighted by Crippen LogP contribution is 2.33. The van der Waals surface area contributed by atoms with Crippen molar-refractivity contribution in [3.63, 3.8) is 0 Å². The Kier molecular flexibility index (Phi) is 4.78. The monoisotopic (exact) mass is 355 g/mol. The summed E-state index contributed by atoms with van der Waals surface area (Å²) < 4.78 is 6.00. The lowest BCUT2D eigenvalue weighted by Crippen LogP contribution is -2.07. The molecule has 0 aromatic heterocycles. The van der Waals surface area contributed by atoms with Gasteiger partial charge in [-0.05, 0) is 53.2 Å². The molecule has 2 aromatic rings. The van der Waals surface area contributed by atoms with Crippen molar-refractivity contribution in [1.29, 1.82) is 0 Å². The van der Waals surface area contributed by atoms with Gasteiger partial charge in [-0.1, -0.05) is 11.6 Å². The van der Waals surface area contributed by atoms with Crippen molar-refractivity contribution in [3.8, 4) is 11.5 Å². The lowest BCUT2D eigenvalue weighted by Gasteiger charge is -2.18. The van der Waals surface area contributed by atoms with E-state index in [4.69, 9.17) is 16.3 Å². The molecule has 1 atom stereocenters. The van der Waals surface area contributed by atoms with Crippen molar-refractivity contribution in [2.75, 3.05) is 12.4 Å². The summed E-state index contributed by atoms with van der Waals surface area (Å²) in [5, 5.41) is 14.0. The van der Waals surface area contributed by atoms with Crippen molar-refractivity contribution >= 4 is 33.2 Å². The fourth-order valence-corrected chi connectivity index (χ4v) is 2.47. The lowest BCUT2D eigenvalue weighted by molar-refractivity contribution is 0.406. The zero-order valence-electron chi connectivity index (χ0n) is 11.2. The van der Waals surface area contributed by atoms with Gasteiger partial charge in [-0.25, -0.2) is 0 Å². The first kappa shape index (κ1) is 15.0. The van der Waals surface area contributed by atoms with Gasteiger partial charge in [0.1, 0.15) is 11.5 Å². The molecule has 20 heavy (non-hydrogen) atoms. The van der Waals surface area contributed by atoms with Crippen LogP contribution in [-0.4, -0.2) is 12.2 Å². The van der Waals surface area contributed by atoms with Crippen molar-refractivity contribution in [1.82, 2.24) is 0 Å². The minimum Gasteiger partial charge on any atom is -0.507 e. The predicted octanol–water partition coefficient (Wildman–Crippen LogP) is 4.99. The molecule has 1 unspecified atom stereocenters. The van der Waals surface area contributed by atoms with E-state index in [1.807, 2.05) is 37.3 Å². The van der Waals surface area contributed by atoms with Gasteiger partial charge in [0.05, 0.1) is 18.8 Å². The number of nitrogens with one attached hydrogen (secondary N) is 1. The molecule has 0 amide bonds. The van der Waals surface area contributed by atoms with Crippen LogP contribution in [0.3, 0.4) is 0 Å². The maximum absolute atomic E-state index is 10.0. The normalized spacial score (nSPS) is 12.0. The Balaban J connectivity index is 2.23. The summed E-state index contributed by atoms with van der Waals surface area (Å²) in [6, 6.07) is 10.7. The van der Waals surface area contributed by atoms with Gasteiger partial charge < -0.3 is 15.2 Å². The van der Waals surface area contributed by atoms with Crippen LogP contribution < -0.4 is 10.1 Å². The van der Waals surface area contributed by atoms with E-state index in [-0.39, 0.29) is 11.8 Å². The molecule has 2 aromatic carbocycles. The van der Waals surface area contributed by atoms with E-state index in [0.717, 1.165) is 15.7 Å². The van der Waals surface area contributed by atoms with Gasteiger partial charge in [0.15, 0.2) is 0 Å². The van der Waals surface area contributed by atoms with Crippen LogP contribution in [0.5, 0.6) is 11.5 Å². The molecule has 5 heteroatoms. The molecule has 106 valence electrons. The Morgan fingerprint density at radius 1 is 1.25 bits per heavy atom. The highest BCUT2D eigenvalue weighted by atomic mass is 79.9. The zero-order chi connectivity index (χ0) is 14.7. The van der Waals surface area contributed by atoms with Gasteiger partial charge in [-0.3, -0.25) is 0 Å². The first-order valence-electron chi connectivity index (χ1n) is 6.09. The van der Waals surface area contributed by atoms with Crippen LogP contribution in [0.1, 0.15) is 18.5 Å². The summed E-state index contributed by atoms with van der Waals surface area (Å²) in [7, 11) is 1.57. The lowest BCUT2D eigenvalue weighted by atomic mass is 10.1. The van der Waals surface area contributed by atoms with Crippen LogP contribution in [0.25, 0.3) is 0 Å². The number of hydrogen-bond donors (Lipinski definition) is 2. The van der Waals surface area contributed by atoms with Gasteiger partial charge in [-0.15, -0.1) is 0 Å². The minimum absolute atomic E-state index is 0.0735. The highest BCUT2D eigenvalue weighted by Gasteiger charge is 2.12. The number of benzene rings is 2. The smallest absolute Gasteiger partial charge is 0.124 e. The van der Waals surface area contributed by atoms with Gasteiger partial charge in [0.2, 0.25) is 0 Å². The number of rotatable bonds is 4. The quantitative estimate of drug-likeness (QED) is 0.811. The van der Waals surface area contributed by atoms with Crippen LogP contribution in [-0.2, 0) is 0 Å². The number of phenols is 1. The van der Waals surface area contributed by atoms with Gasteiger partial charge in [-0.2, -0.15) is 0 Å². The second-order valence-electron chi connectivity index (χ2n) is 4.41. The second kappa shape index (κ2) is 6.37. The largest absolute Gasteiger partial charge is 0.507 e. The first-order chi connectivity index (χ1) is 9.51. The molecule has 2 N–H and O–H groups in total.